The molecule has 6 heteroatoms. The smallest absolute Gasteiger partial charge is 0.161 e. The molecular weight excluding hydrogens is 382 g/mol. The topological polar surface area (TPSA) is 71.4 Å². The zero-order valence-electron chi connectivity index (χ0n) is 17.9. The molecule has 2 N–H and O–H groups in total. The first-order valence-electron chi connectivity index (χ1n) is 10.5. The molecule has 2 aliphatic heterocycles. The minimum Gasteiger partial charge on any atom is -0.493 e. The summed E-state index contributed by atoms with van der Waals surface area (Å²) in [5.74, 6) is 2.07. The van der Waals surface area contributed by atoms with E-state index in [1.807, 2.05) is 43.3 Å². The molecule has 0 bridgehead atoms. The maximum atomic E-state index is 10.7. The van der Waals surface area contributed by atoms with Gasteiger partial charge in [0.25, 0.3) is 0 Å². The Bertz CT molecular complexity index is 891. The number of β-amino-alcohol motifs (C(OH)–C–C–N with tert-alkyl or cyclic N) is 1. The summed E-state index contributed by atoms with van der Waals surface area (Å²) in [7, 11) is 3.19. The number of benzene rings is 2. The molecule has 0 aromatic heterocycles. The van der Waals surface area contributed by atoms with Crippen molar-refractivity contribution in [1.29, 1.82) is 0 Å². The molecule has 4 rings (SSSR count). The second kappa shape index (κ2) is 8.46. The molecule has 30 heavy (non-hydrogen) atoms. The second-order valence-electron chi connectivity index (χ2n) is 8.48. The Labute approximate surface area is 178 Å². The standard InChI is InChI=1S/C24H31NO5/c1-16-4-6-21-18(12-16)19(26)14-24(30-21)8-10-25(11-9-24)15-20(27)17-5-7-22(28-2)23(13-17)29-3/h4-7,12-13,19-20,26-27H,8-11,14-15H2,1-3H3/t19-,20-/m0/s1. The fourth-order valence-electron chi connectivity index (χ4n) is 4.62. The Kier molecular flexibility index (Phi) is 5.91. The number of piperidine rings is 1. The number of ether oxygens (including phenoxy) is 3. The van der Waals surface area contributed by atoms with Crippen LogP contribution in [-0.4, -0.2) is 54.6 Å². The molecule has 2 aliphatic rings. The van der Waals surface area contributed by atoms with E-state index in [1.54, 1.807) is 14.2 Å². The van der Waals surface area contributed by atoms with Gasteiger partial charge >= 0.3 is 0 Å². The van der Waals surface area contributed by atoms with E-state index < -0.39 is 12.2 Å². The third kappa shape index (κ3) is 4.13. The van der Waals surface area contributed by atoms with Crippen LogP contribution >= 0.6 is 0 Å². The van der Waals surface area contributed by atoms with Crippen molar-refractivity contribution < 1.29 is 24.4 Å². The van der Waals surface area contributed by atoms with Crippen LogP contribution in [0, 0.1) is 6.92 Å². The number of aliphatic hydroxyl groups excluding tert-OH is 2. The Morgan fingerprint density at radius 2 is 1.83 bits per heavy atom. The van der Waals surface area contributed by atoms with Gasteiger partial charge in [0.15, 0.2) is 11.5 Å². The van der Waals surface area contributed by atoms with E-state index >= 15 is 0 Å². The third-order valence-corrected chi connectivity index (χ3v) is 6.41. The van der Waals surface area contributed by atoms with Gasteiger partial charge in [-0.15, -0.1) is 0 Å². The van der Waals surface area contributed by atoms with Crippen LogP contribution in [-0.2, 0) is 0 Å². The van der Waals surface area contributed by atoms with Crippen LogP contribution in [0.5, 0.6) is 17.2 Å². The van der Waals surface area contributed by atoms with E-state index in [9.17, 15) is 10.2 Å². The molecular formula is C24H31NO5. The van der Waals surface area contributed by atoms with Gasteiger partial charge in [0, 0.05) is 31.6 Å². The summed E-state index contributed by atoms with van der Waals surface area (Å²) < 4.78 is 17.0. The summed E-state index contributed by atoms with van der Waals surface area (Å²) in [6.45, 7) is 4.21. The largest absolute Gasteiger partial charge is 0.493 e. The fraction of sp³-hybridized carbons (Fsp3) is 0.500. The van der Waals surface area contributed by atoms with E-state index in [-0.39, 0.29) is 5.60 Å². The Morgan fingerprint density at radius 1 is 1.10 bits per heavy atom. The Morgan fingerprint density at radius 3 is 2.53 bits per heavy atom. The van der Waals surface area contributed by atoms with Crippen LogP contribution in [0.15, 0.2) is 36.4 Å². The van der Waals surface area contributed by atoms with Gasteiger partial charge in [-0.3, -0.25) is 0 Å². The van der Waals surface area contributed by atoms with E-state index in [1.165, 1.54) is 0 Å². The third-order valence-electron chi connectivity index (χ3n) is 6.41. The number of nitrogens with zero attached hydrogens (tertiary/aromatic N) is 1. The summed E-state index contributed by atoms with van der Waals surface area (Å²) in [5.41, 5.74) is 2.51. The maximum Gasteiger partial charge on any atom is 0.161 e. The highest BCUT2D eigenvalue weighted by Crippen LogP contribution is 2.44. The minimum absolute atomic E-state index is 0.327. The number of aliphatic hydroxyl groups is 2. The van der Waals surface area contributed by atoms with Crippen molar-refractivity contribution in [2.45, 2.75) is 44.0 Å². The molecule has 0 radical (unpaired) electrons. The SMILES string of the molecule is COc1ccc([C@@H](O)CN2CCC3(CC2)C[C@H](O)c2cc(C)ccc2O3)cc1OC. The molecule has 0 unspecified atom stereocenters. The predicted octanol–water partition coefficient (Wildman–Crippen LogP) is 3.40. The van der Waals surface area contributed by atoms with Crippen LogP contribution in [0.1, 0.15) is 48.2 Å². The Balaban J connectivity index is 1.39. The normalized spacial score (nSPS) is 21.6. The van der Waals surface area contributed by atoms with Crippen LogP contribution in [0.2, 0.25) is 0 Å². The lowest BCUT2D eigenvalue weighted by atomic mass is 9.81. The zero-order chi connectivity index (χ0) is 21.3. The van der Waals surface area contributed by atoms with Crippen molar-refractivity contribution in [1.82, 2.24) is 4.90 Å². The van der Waals surface area contributed by atoms with Gasteiger partial charge in [0.1, 0.15) is 11.4 Å². The van der Waals surface area contributed by atoms with Crippen molar-refractivity contribution >= 4 is 0 Å². The minimum atomic E-state index is -0.611. The van der Waals surface area contributed by atoms with E-state index in [4.69, 9.17) is 14.2 Å². The van der Waals surface area contributed by atoms with Crippen molar-refractivity contribution in [2.24, 2.45) is 0 Å². The summed E-state index contributed by atoms with van der Waals surface area (Å²) in [5, 5.41) is 21.4. The quantitative estimate of drug-likeness (QED) is 0.783. The Hall–Kier alpha value is -2.28. The van der Waals surface area contributed by atoms with Gasteiger partial charge in [-0.2, -0.15) is 0 Å². The fourth-order valence-corrected chi connectivity index (χ4v) is 4.62. The number of hydrogen-bond acceptors (Lipinski definition) is 6. The van der Waals surface area contributed by atoms with Gasteiger partial charge < -0.3 is 29.3 Å². The monoisotopic (exact) mass is 413 g/mol. The first kappa shape index (κ1) is 21.0. The first-order chi connectivity index (χ1) is 14.4. The number of fused-ring (bicyclic) bond motifs is 1. The molecule has 0 amide bonds. The lowest BCUT2D eigenvalue weighted by Crippen LogP contribution is -2.51. The predicted molar refractivity (Wildman–Crippen MR) is 114 cm³/mol. The summed E-state index contributed by atoms with van der Waals surface area (Å²) in [6, 6.07) is 11.5. The van der Waals surface area contributed by atoms with Gasteiger partial charge in [-0.05, 0) is 49.6 Å². The summed E-state index contributed by atoms with van der Waals surface area (Å²) >= 11 is 0. The molecule has 1 saturated heterocycles. The number of methoxy groups -OCH3 is 2. The van der Waals surface area contributed by atoms with Gasteiger partial charge in [-0.1, -0.05) is 17.7 Å². The van der Waals surface area contributed by atoms with Crippen molar-refractivity contribution in [3.8, 4) is 17.2 Å². The molecule has 2 aromatic carbocycles. The average Bonchev–Trinajstić information content (AvgIpc) is 2.75. The van der Waals surface area contributed by atoms with Gasteiger partial charge in [-0.25, -0.2) is 0 Å². The molecule has 0 aliphatic carbocycles. The van der Waals surface area contributed by atoms with Crippen molar-refractivity contribution in [3.05, 3.63) is 53.1 Å². The lowest BCUT2D eigenvalue weighted by molar-refractivity contribution is -0.0588. The molecule has 0 saturated carbocycles. The first-order valence-corrected chi connectivity index (χ1v) is 10.5. The number of rotatable bonds is 5. The number of hydrogen-bond donors (Lipinski definition) is 2. The summed E-state index contributed by atoms with van der Waals surface area (Å²) in [4.78, 5) is 2.26. The van der Waals surface area contributed by atoms with E-state index in [0.29, 0.717) is 24.5 Å². The van der Waals surface area contributed by atoms with Crippen LogP contribution in [0.4, 0.5) is 0 Å². The molecule has 2 heterocycles. The average molecular weight is 414 g/mol. The van der Waals surface area contributed by atoms with Crippen molar-refractivity contribution in [3.63, 3.8) is 0 Å². The maximum absolute atomic E-state index is 10.7. The molecule has 2 atom stereocenters. The van der Waals surface area contributed by atoms with Crippen molar-refractivity contribution in [2.75, 3.05) is 33.9 Å². The lowest BCUT2D eigenvalue weighted by Gasteiger charge is -2.46. The van der Waals surface area contributed by atoms with Gasteiger partial charge in [0.2, 0.25) is 0 Å². The molecule has 1 fully saturated rings. The number of aryl methyl sites for hydroxylation is 1. The molecule has 162 valence electrons. The second-order valence-corrected chi connectivity index (χ2v) is 8.48. The van der Waals surface area contributed by atoms with E-state index in [2.05, 4.69) is 4.90 Å². The summed E-state index contributed by atoms with van der Waals surface area (Å²) in [6.07, 6.45) is 1.18. The highest BCUT2D eigenvalue weighted by molar-refractivity contribution is 5.43. The molecule has 2 aromatic rings. The number of likely N-dealkylation sites (tertiary alicyclic amines) is 1. The van der Waals surface area contributed by atoms with E-state index in [0.717, 1.165) is 48.4 Å². The molecule has 1 spiro atoms. The van der Waals surface area contributed by atoms with Crippen LogP contribution < -0.4 is 14.2 Å². The van der Waals surface area contributed by atoms with Gasteiger partial charge in [0.05, 0.1) is 26.4 Å². The zero-order valence-corrected chi connectivity index (χ0v) is 17.9. The highest BCUT2D eigenvalue weighted by atomic mass is 16.5. The van der Waals surface area contributed by atoms with Crippen LogP contribution in [0.25, 0.3) is 0 Å². The highest BCUT2D eigenvalue weighted by Gasteiger charge is 2.43. The van der Waals surface area contributed by atoms with Crippen LogP contribution in [0.3, 0.4) is 0 Å². The molecule has 6 nitrogen and oxygen atoms in total.